The summed E-state index contributed by atoms with van der Waals surface area (Å²) in [6.07, 6.45) is -0.494. The summed E-state index contributed by atoms with van der Waals surface area (Å²) in [5, 5.41) is 14.6. The number of aryl methyl sites for hydroxylation is 2. The van der Waals surface area contributed by atoms with Crippen LogP contribution in [0.25, 0.3) is 0 Å². The summed E-state index contributed by atoms with van der Waals surface area (Å²) >= 11 is 0. The first kappa shape index (κ1) is 13.0. The maximum atomic E-state index is 10.3. The molecule has 3 rings (SSSR count). The van der Waals surface area contributed by atoms with Crippen LogP contribution >= 0.6 is 0 Å². The van der Waals surface area contributed by atoms with Crippen molar-refractivity contribution < 1.29 is 14.6 Å². The first-order valence-corrected chi connectivity index (χ1v) is 6.69. The summed E-state index contributed by atoms with van der Waals surface area (Å²) in [5.41, 5.74) is 1.93. The monoisotopic (exact) mass is 274 g/mol. The molecule has 0 fully saturated rings. The van der Waals surface area contributed by atoms with Gasteiger partial charge in [0.2, 0.25) is 0 Å². The van der Waals surface area contributed by atoms with Crippen molar-refractivity contribution in [3.8, 4) is 11.5 Å². The average Bonchev–Trinajstić information content (AvgIpc) is 2.76. The van der Waals surface area contributed by atoms with Gasteiger partial charge in [-0.1, -0.05) is 12.1 Å². The zero-order chi connectivity index (χ0) is 14.1. The Bertz CT molecular complexity index is 609. The number of nitrogens with zero attached hydrogens (tertiary/aromatic N) is 2. The number of fused-ring (bicyclic) bond motifs is 1. The van der Waals surface area contributed by atoms with E-state index >= 15 is 0 Å². The second kappa shape index (κ2) is 5.17. The maximum absolute atomic E-state index is 10.3. The van der Waals surface area contributed by atoms with Gasteiger partial charge < -0.3 is 14.6 Å². The van der Waals surface area contributed by atoms with Crippen LogP contribution in [0.3, 0.4) is 0 Å². The SMILES string of the molecule is Cc1cc(CC(O)C2COc3ccccc3O2)n(C)n1. The predicted molar refractivity (Wildman–Crippen MR) is 74.0 cm³/mol. The Morgan fingerprint density at radius 1 is 1.40 bits per heavy atom. The third kappa shape index (κ3) is 2.49. The van der Waals surface area contributed by atoms with Gasteiger partial charge >= 0.3 is 0 Å². The molecule has 1 aromatic carbocycles. The molecule has 106 valence electrons. The number of aliphatic hydroxyl groups excluding tert-OH is 1. The number of para-hydroxylation sites is 2. The molecule has 2 heterocycles. The highest BCUT2D eigenvalue weighted by Crippen LogP contribution is 2.31. The molecule has 2 atom stereocenters. The molecular weight excluding hydrogens is 256 g/mol. The number of aliphatic hydroxyl groups is 1. The van der Waals surface area contributed by atoms with E-state index in [2.05, 4.69) is 5.10 Å². The van der Waals surface area contributed by atoms with E-state index in [0.29, 0.717) is 18.8 Å². The molecule has 1 aliphatic rings. The summed E-state index contributed by atoms with van der Waals surface area (Å²) in [5.74, 6) is 1.41. The van der Waals surface area contributed by atoms with Crippen LogP contribution in [0.4, 0.5) is 0 Å². The van der Waals surface area contributed by atoms with Crippen molar-refractivity contribution in [3.63, 3.8) is 0 Å². The third-order valence-electron chi connectivity index (χ3n) is 3.48. The Hall–Kier alpha value is -2.01. The summed E-state index contributed by atoms with van der Waals surface area (Å²) in [6.45, 7) is 2.29. The average molecular weight is 274 g/mol. The Morgan fingerprint density at radius 2 is 2.15 bits per heavy atom. The number of hydrogen-bond donors (Lipinski definition) is 1. The van der Waals surface area contributed by atoms with E-state index in [1.165, 1.54) is 0 Å². The molecule has 0 bridgehead atoms. The van der Waals surface area contributed by atoms with Gasteiger partial charge in [-0.05, 0) is 25.1 Å². The van der Waals surface area contributed by atoms with Crippen LogP contribution in [0, 0.1) is 6.92 Å². The van der Waals surface area contributed by atoms with Crippen LogP contribution in [0.15, 0.2) is 30.3 Å². The smallest absolute Gasteiger partial charge is 0.161 e. The summed E-state index contributed by atoms with van der Waals surface area (Å²) in [6, 6.07) is 9.48. The molecule has 0 radical (unpaired) electrons. The molecule has 0 saturated heterocycles. The standard InChI is InChI=1S/C15H18N2O3/c1-10-7-11(17(2)16-10)8-12(18)15-9-19-13-5-3-4-6-14(13)20-15/h3-7,12,15,18H,8-9H2,1-2H3. The van der Waals surface area contributed by atoms with E-state index in [-0.39, 0.29) is 6.10 Å². The number of ether oxygens (including phenoxy) is 2. The third-order valence-corrected chi connectivity index (χ3v) is 3.48. The van der Waals surface area contributed by atoms with Crippen LogP contribution in [0.1, 0.15) is 11.4 Å². The minimum Gasteiger partial charge on any atom is -0.486 e. The van der Waals surface area contributed by atoms with E-state index < -0.39 is 6.10 Å². The van der Waals surface area contributed by atoms with Crippen molar-refractivity contribution in [1.82, 2.24) is 9.78 Å². The van der Waals surface area contributed by atoms with Gasteiger partial charge in [0.05, 0.1) is 11.8 Å². The van der Waals surface area contributed by atoms with Gasteiger partial charge in [0.1, 0.15) is 6.61 Å². The molecule has 1 aromatic heterocycles. The molecule has 0 aliphatic carbocycles. The van der Waals surface area contributed by atoms with Gasteiger partial charge in [-0.3, -0.25) is 4.68 Å². The molecule has 0 amide bonds. The van der Waals surface area contributed by atoms with E-state index in [0.717, 1.165) is 17.1 Å². The molecule has 5 heteroatoms. The lowest BCUT2D eigenvalue weighted by molar-refractivity contribution is -0.0102. The number of aromatic nitrogens is 2. The summed E-state index contributed by atoms with van der Waals surface area (Å²) < 4.78 is 13.2. The van der Waals surface area contributed by atoms with Crippen molar-refractivity contribution in [1.29, 1.82) is 0 Å². The lowest BCUT2D eigenvalue weighted by Crippen LogP contribution is -2.41. The lowest BCUT2D eigenvalue weighted by atomic mass is 10.1. The highest BCUT2D eigenvalue weighted by Gasteiger charge is 2.28. The van der Waals surface area contributed by atoms with E-state index in [4.69, 9.17) is 9.47 Å². The molecule has 1 aliphatic heterocycles. The van der Waals surface area contributed by atoms with Gasteiger partial charge in [-0.15, -0.1) is 0 Å². The zero-order valence-electron chi connectivity index (χ0n) is 11.6. The minimum absolute atomic E-state index is 0.356. The van der Waals surface area contributed by atoms with Crippen LogP contribution < -0.4 is 9.47 Å². The van der Waals surface area contributed by atoms with Crippen molar-refractivity contribution in [2.45, 2.75) is 25.6 Å². The second-order valence-electron chi connectivity index (χ2n) is 5.09. The Labute approximate surface area is 117 Å². The van der Waals surface area contributed by atoms with E-state index in [1.807, 2.05) is 44.3 Å². The van der Waals surface area contributed by atoms with Gasteiger partial charge in [0.15, 0.2) is 17.6 Å². The largest absolute Gasteiger partial charge is 0.486 e. The Balaban J connectivity index is 1.70. The molecule has 0 saturated carbocycles. The van der Waals surface area contributed by atoms with E-state index in [9.17, 15) is 5.11 Å². The van der Waals surface area contributed by atoms with Crippen LogP contribution in [0.5, 0.6) is 11.5 Å². The van der Waals surface area contributed by atoms with Crippen LogP contribution in [-0.2, 0) is 13.5 Å². The number of hydrogen-bond acceptors (Lipinski definition) is 4. The molecule has 2 unspecified atom stereocenters. The molecule has 2 aromatic rings. The van der Waals surface area contributed by atoms with Crippen LogP contribution in [0.2, 0.25) is 0 Å². The molecule has 0 spiro atoms. The fourth-order valence-corrected chi connectivity index (χ4v) is 2.43. The van der Waals surface area contributed by atoms with Crippen molar-refractivity contribution >= 4 is 0 Å². The summed E-state index contributed by atoms with van der Waals surface area (Å²) in [4.78, 5) is 0. The molecule has 1 N–H and O–H groups in total. The normalized spacial score (nSPS) is 18.9. The lowest BCUT2D eigenvalue weighted by Gasteiger charge is -2.29. The zero-order valence-corrected chi connectivity index (χ0v) is 11.6. The summed E-state index contributed by atoms with van der Waals surface area (Å²) in [7, 11) is 1.88. The van der Waals surface area contributed by atoms with Gasteiger partial charge in [0.25, 0.3) is 0 Å². The van der Waals surface area contributed by atoms with Crippen molar-refractivity contribution in [2.75, 3.05) is 6.61 Å². The van der Waals surface area contributed by atoms with Crippen molar-refractivity contribution in [2.24, 2.45) is 7.05 Å². The first-order chi connectivity index (χ1) is 9.63. The Morgan fingerprint density at radius 3 is 2.85 bits per heavy atom. The maximum Gasteiger partial charge on any atom is 0.161 e. The van der Waals surface area contributed by atoms with Crippen LogP contribution in [-0.4, -0.2) is 33.7 Å². The Kier molecular flexibility index (Phi) is 3.36. The topological polar surface area (TPSA) is 56.5 Å². The first-order valence-electron chi connectivity index (χ1n) is 6.69. The quantitative estimate of drug-likeness (QED) is 0.921. The van der Waals surface area contributed by atoms with Gasteiger partial charge in [-0.25, -0.2) is 0 Å². The fraction of sp³-hybridized carbons (Fsp3) is 0.400. The molecule has 5 nitrogen and oxygen atoms in total. The van der Waals surface area contributed by atoms with E-state index in [1.54, 1.807) is 4.68 Å². The molecule has 20 heavy (non-hydrogen) atoms. The minimum atomic E-state index is -0.627. The number of benzene rings is 1. The van der Waals surface area contributed by atoms with Crippen molar-refractivity contribution in [3.05, 3.63) is 41.7 Å². The highest BCUT2D eigenvalue weighted by atomic mass is 16.6. The predicted octanol–water partition coefficient (Wildman–Crippen LogP) is 1.47. The molecular formula is C15H18N2O3. The second-order valence-corrected chi connectivity index (χ2v) is 5.09. The fourth-order valence-electron chi connectivity index (χ4n) is 2.43. The highest BCUT2D eigenvalue weighted by molar-refractivity contribution is 5.40. The van der Waals surface area contributed by atoms with Gasteiger partial charge in [-0.2, -0.15) is 5.10 Å². The number of rotatable bonds is 3. The van der Waals surface area contributed by atoms with Gasteiger partial charge in [0, 0.05) is 19.2 Å².